The third-order valence-corrected chi connectivity index (χ3v) is 11.3. The number of aliphatic hydroxyl groups excluding tert-OH is 5. The standard InChI is InChI=1S/C53H83O13P/c1-3-5-7-9-11-13-15-17-19-21-23-25-27-29-31-33-35-37-39-41-46(54)63-43-45(44-64-67(61,62)66-53-51(59)49(57)48(56)50(58)52(53)60)65-47(55)42-40-38-36-34-32-30-28-26-24-22-20-18-16-14-12-10-8-6-4-2/h5-8,11-14,17-20,23-26,30,32,36,38,45,48-53,56-60H,3-4,9-10,15-16,21-22,27-29,31,33-35,37,39-44H2,1-2H3,(H,61,62)/b7-5-,8-6-,13-11-,14-12-,19-17-,20-18-,25-23-,26-24-,32-30-,38-36-. The van der Waals surface area contributed by atoms with Gasteiger partial charge in [-0.15, -0.1) is 0 Å². The summed E-state index contributed by atoms with van der Waals surface area (Å²) in [7, 11) is -5.15. The predicted octanol–water partition coefficient (Wildman–Crippen LogP) is 10.2. The zero-order valence-corrected chi connectivity index (χ0v) is 41.0. The molecule has 1 rings (SSSR count). The highest BCUT2D eigenvalue weighted by Gasteiger charge is 2.51. The number of carbonyl (C=O) groups is 2. The van der Waals surface area contributed by atoms with Crippen molar-refractivity contribution in [3.05, 3.63) is 122 Å². The Morgan fingerprint density at radius 2 is 0.836 bits per heavy atom. The summed E-state index contributed by atoms with van der Waals surface area (Å²) in [6, 6.07) is 0. The Bertz CT molecular complexity index is 1630. The average molecular weight is 959 g/mol. The molecule has 67 heavy (non-hydrogen) atoms. The first-order chi connectivity index (χ1) is 32.4. The van der Waals surface area contributed by atoms with E-state index < -0.39 is 75.7 Å². The number of unbranched alkanes of at least 4 members (excludes halogenated alkanes) is 6. The lowest BCUT2D eigenvalue weighted by Gasteiger charge is -2.41. The molecule has 1 aliphatic rings. The van der Waals surface area contributed by atoms with E-state index in [9.17, 15) is 44.6 Å². The summed E-state index contributed by atoms with van der Waals surface area (Å²) in [6.45, 7) is 2.99. The Balaban J connectivity index is 2.51. The van der Waals surface area contributed by atoms with Crippen LogP contribution in [-0.4, -0.2) is 98.3 Å². The molecular formula is C53H83O13P. The van der Waals surface area contributed by atoms with Crippen molar-refractivity contribution in [1.29, 1.82) is 0 Å². The molecule has 1 fully saturated rings. The molecule has 0 aromatic heterocycles. The van der Waals surface area contributed by atoms with Gasteiger partial charge in [0, 0.05) is 12.8 Å². The fourth-order valence-electron chi connectivity index (χ4n) is 6.48. The fraction of sp³-hybridized carbons (Fsp3) is 0.585. The van der Waals surface area contributed by atoms with E-state index in [2.05, 4.69) is 117 Å². The van der Waals surface area contributed by atoms with Gasteiger partial charge in [0.2, 0.25) is 0 Å². The Morgan fingerprint density at radius 3 is 1.28 bits per heavy atom. The molecule has 0 saturated heterocycles. The molecule has 378 valence electrons. The Labute approximate surface area is 401 Å². The van der Waals surface area contributed by atoms with E-state index in [0.717, 1.165) is 96.3 Å². The number of allylic oxidation sites excluding steroid dienone is 20. The van der Waals surface area contributed by atoms with Crippen LogP contribution in [0.3, 0.4) is 0 Å². The highest BCUT2D eigenvalue weighted by Crippen LogP contribution is 2.47. The highest BCUT2D eigenvalue weighted by atomic mass is 31.2. The number of hydrogen-bond donors (Lipinski definition) is 6. The first kappa shape index (κ1) is 61.3. The van der Waals surface area contributed by atoms with Gasteiger partial charge in [-0.25, -0.2) is 4.57 Å². The van der Waals surface area contributed by atoms with Crippen LogP contribution in [0.1, 0.15) is 142 Å². The second-order valence-electron chi connectivity index (χ2n) is 16.2. The van der Waals surface area contributed by atoms with Gasteiger partial charge in [0.1, 0.15) is 43.2 Å². The second-order valence-corrected chi connectivity index (χ2v) is 17.6. The monoisotopic (exact) mass is 959 g/mol. The highest BCUT2D eigenvalue weighted by molar-refractivity contribution is 7.47. The van der Waals surface area contributed by atoms with E-state index in [1.165, 1.54) is 0 Å². The minimum atomic E-state index is -5.15. The number of aliphatic hydroxyl groups is 5. The van der Waals surface area contributed by atoms with E-state index in [1.54, 1.807) is 0 Å². The van der Waals surface area contributed by atoms with Crippen molar-refractivity contribution in [2.45, 2.75) is 185 Å². The average Bonchev–Trinajstić information content (AvgIpc) is 3.31. The van der Waals surface area contributed by atoms with Crippen molar-refractivity contribution in [2.75, 3.05) is 13.2 Å². The molecule has 1 aliphatic carbocycles. The largest absolute Gasteiger partial charge is 0.472 e. The van der Waals surface area contributed by atoms with E-state index in [1.807, 2.05) is 18.2 Å². The fourth-order valence-corrected chi connectivity index (χ4v) is 7.45. The van der Waals surface area contributed by atoms with Crippen LogP contribution in [-0.2, 0) is 32.7 Å². The van der Waals surface area contributed by atoms with Crippen molar-refractivity contribution in [1.82, 2.24) is 0 Å². The molecule has 0 radical (unpaired) electrons. The topological polar surface area (TPSA) is 210 Å². The second kappa shape index (κ2) is 41.2. The number of phosphoric ester groups is 1. The maximum Gasteiger partial charge on any atom is 0.472 e. The lowest BCUT2D eigenvalue weighted by Crippen LogP contribution is -2.64. The minimum absolute atomic E-state index is 0.0398. The van der Waals surface area contributed by atoms with E-state index >= 15 is 0 Å². The predicted molar refractivity (Wildman–Crippen MR) is 267 cm³/mol. The Morgan fingerprint density at radius 1 is 0.463 bits per heavy atom. The number of phosphoric acid groups is 1. The summed E-state index contributed by atoms with van der Waals surface area (Å²) in [6.07, 6.45) is 45.4. The number of hydrogen-bond acceptors (Lipinski definition) is 12. The van der Waals surface area contributed by atoms with Gasteiger partial charge in [0.15, 0.2) is 6.10 Å². The summed E-state index contributed by atoms with van der Waals surface area (Å²) in [5, 5.41) is 50.2. The molecule has 13 nitrogen and oxygen atoms in total. The van der Waals surface area contributed by atoms with E-state index in [0.29, 0.717) is 19.3 Å². The van der Waals surface area contributed by atoms with Crippen LogP contribution >= 0.6 is 7.82 Å². The van der Waals surface area contributed by atoms with Crippen LogP contribution < -0.4 is 0 Å². The normalized spacial score (nSPS) is 22.2. The van der Waals surface area contributed by atoms with Gasteiger partial charge >= 0.3 is 19.8 Å². The van der Waals surface area contributed by atoms with E-state index in [4.69, 9.17) is 18.5 Å². The maximum atomic E-state index is 12.8. The SMILES string of the molecule is CC/C=C\C/C=C\C/C=C\C/C=C\C/C=C\C/C=C\CCC(=O)OC(COC(=O)CCCCCCCC/C=C\C/C=C\C/C=C\C/C=C\CC)COP(=O)(O)OC1C(O)C(O)C(O)C(O)C1O. The van der Waals surface area contributed by atoms with Gasteiger partial charge in [-0.2, -0.15) is 0 Å². The lowest BCUT2D eigenvalue weighted by molar-refractivity contribution is -0.220. The third kappa shape index (κ3) is 33.4. The summed E-state index contributed by atoms with van der Waals surface area (Å²) >= 11 is 0. The van der Waals surface area contributed by atoms with Crippen LogP contribution in [0, 0.1) is 0 Å². The van der Waals surface area contributed by atoms with Crippen molar-refractivity contribution in [3.8, 4) is 0 Å². The van der Waals surface area contributed by atoms with Crippen LogP contribution in [0.25, 0.3) is 0 Å². The molecule has 6 N–H and O–H groups in total. The summed E-state index contributed by atoms with van der Waals surface area (Å²) < 4.78 is 33.5. The first-order valence-electron chi connectivity index (χ1n) is 24.3. The molecule has 0 bridgehead atoms. The molecule has 0 aromatic carbocycles. The van der Waals surface area contributed by atoms with Crippen LogP contribution in [0.2, 0.25) is 0 Å². The first-order valence-corrected chi connectivity index (χ1v) is 25.8. The van der Waals surface area contributed by atoms with Gasteiger partial charge in [-0.3, -0.25) is 18.6 Å². The lowest BCUT2D eigenvalue weighted by atomic mass is 9.85. The van der Waals surface area contributed by atoms with Crippen molar-refractivity contribution >= 4 is 19.8 Å². The van der Waals surface area contributed by atoms with Crippen molar-refractivity contribution in [2.24, 2.45) is 0 Å². The molecule has 0 heterocycles. The van der Waals surface area contributed by atoms with Gasteiger partial charge in [-0.05, 0) is 89.9 Å². The number of ether oxygens (including phenoxy) is 2. The smallest absolute Gasteiger partial charge is 0.462 e. The molecule has 0 aromatic rings. The summed E-state index contributed by atoms with van der Waals surface area (Å²) in [5.41, 5.74) is 0. The van der Waals surface area contributed by atoms with Crippen LogP contribution in [0.4, 0.5) is 0 Å². The molecule has 14 heteroatoms. The number of carbonyl (C=O) groups excluding carboxylic acids is 2. The summed E-state index contributed by atoms with van der Waals surface area (Å²) in [5.74, 6) is -1.23. The summed E-state index contributed by atoms with van der Waals surface area (Å²) in [4.78, 5) is 35.8. The molecule has 0 aliphatic heterocycles. The molecular weight excluding hydrogens is 876 g/mol. The van der Waals surface area contributed by atoms with Crippen molar-refractivity contribution < 1.29 is 63.1 Å². The minimum Gasteiger partial charge on any atom is -0.462 e. The molecule has 0 amide bonds. The zero-order valence-electron chi connectivity index (χ0n) is 40.1. The molecule has 0 spiro atoms. The number of rotatable bonds is 38. The molecule has 6 atom stereocenters. The van der Waals surface area contributed by atoms with Crippen molar-refractivity contribution in [3.63, 3.8) is 0 Å². The zero-order chi connectivity index (χ0) is 49.2. The quantitative estimate of drug-likeness (QED) is 0.0148. The van der Waals surface area contributed by atoms with Crippen LogP contribution in [0.15, 0.2) is 122 Å². The van der Waals surface area contributed by atoms with Gasteiger partial charge in [0.05, 0.1) is 6.61 Å². The third-order valence-electron chi connectivity index (χ3n) is 10.3. The Kier molecular flexibility index (Phi) is 37.7. The maximum absolute atomic E-state index is 12.8. The molecule has 1 saturated carbocycles. The molecule has 6 unspecified atom stereocenters. The number of esters is 2. The van der Waals surface area contributed by atoms with Gasteiger partial charge in [-0.1, -0.05) is 161 Å². The van der Waals surface area contributed by atoms with Gasteiger partial charge in [0.25, 0.3) is 0 Å². The van der Waals surface area contributed by atoms with E-state index in [-0.39, 0.29) is 12.8 Å². The Hall–Kier alpha value is -3.75. The van der Waals surface area contributed by atoms with Gasteiger partial charge < -0.3 is 39.9 Å². The van der Waals surface area contributed by atoms with Crippen LogP contribution in [0.5, 0.6) is 0 Å².